The molecule has 0 saturated carbocycles. The van der Waals surface area contributed by atoms with E-state index >= 15 is 0 Å². The van der Waals surface area contributed by atoms with Crippen molar-refractivity contribution < 1.29 is 4.74 Å². The third-order valence-electron chi connectivity index (χ3n) is 9.75. The molecule has 1 aliphatic heterocycles. The summed E-state index contributed by atoms with van der Waals surface area (Å²) in [6.45, 7) is 12.2. The molecule has 5 aliphatic carbocycles. The van der Waals surface area contributed by atoms with Crippen LogP contribution in [0.25, 0.3) is 0 Å². The van der Waals surface area contributed by atoms with E-state index in [2.05, 4.69) is 108 Å². The minimum absolute atomic E-state index is 0.191. The summed E-state index contributed by atoms with van der Waals surface area (Å²) in [5.41, 5.74) is 9.35. The Morgan fingerprint density at radius 1 is 0.917 bits per heavy atom. The van der Waals surface area contributed by atoms with Crippen molar-refractivity contribution in [1.82, 2.24) is 0 Å². The van der Waals surface area contributed by atoms with E-state index < -0.39 is 0 Å². The van der Waals surface area contributed by atoms with Crippen molar-refractivity contribution in [2.45, 2.75) is 72.5 Å². The molecular weight excluding hydrogens is 436 g/mol. The molecule has 6 rings (SSSR count). The van der Waals surface area contributed by atoms with Crippen LogP contribution in [0, 0.1) is 35.0 Å². The highest BCUT2D eigenvalue weighted by Gasteiger charge is 2.47. The molecule has 1 saturated heterocycles. The Morgan fingerprint density at radius 2 is 1.72 bits per heavy atom. The fraction of sp³-hybridized carbons (Fsp3) is 0.486. The zero-order chi connectivity index (χ0) is 25.0. The fourth-order valence-corrected chi connectivity index (χ4v) is 7.67. The molecule has 6 aliphatic rings. The van der Waals surface area contributed by atoms with Gasteiger partial charge in [0.25, 0.3) is 0 Å². The van der Waals surface area contributed by atoms with Crippen LogP contribution >= 0.6 is 0 Å². The third kappa shape index (κ3) is 4.04. The quantitative estimate of drug-likeness (QED) is 0.360. The predicted molar refractivity (Wildman–Crippen MR) is 151 cm³/mol. The maximum atomic E-state index is 6.24. The van der Waals surface area contributed by atoms with Gasteiger partial charge in [0.05, 0.1) is 0 Å². The Kier molecular flexibility index (Phi) is 6.11. The second kappa shape index (κ2) is 9.18. The minimum atomic E-state index is 0.191. The van der Waals surface area contributed by atoms with Gasteiger partial charge in [0.2, 0.25) is 0 Å². The molecule has 0 bridgehead atoms. The first-order valence-electron chi connectivity index (χ1n) is 14.2. The normalized spacial score (nSPS) is 35.2. The average Bonchev–Trinajstić information content (AvgIpc) is 3.70. The maximum absolute atomic E-state index is 6.24. The van der Waals surface area contributed by atoms with Gasteiger partial charge in [-0.2, -0.15) is 0 Å². The van der Waals surface area contributed by atoms with E-state index in [1.54, 1.807) is 16.7 Å². The summed E-state index contributed by atoms with van der Waals surface area (Å²) in [6.07, 6.45) is 33.7. The molecule has 0 spiro atoms. The summed E-state index contributed by atoms with van der Waals surface area (Å²) in [4.78, 5) is 0. The summed E-state index contributed by atoms with van der Waals surface area (Å²) < 4.78 is 6.24. The third-order valence-corrected chi connectivity index (χ3v) is 9.75. The van der Waals surface area contributed by atoms with Gasteiger partial charge in [-0.1, -0.05) is 112 Å². The molecule has 0 aromatic carbocycles. The van der Waals surface area contributed by atoms with Crippen LogP contribution in [0.3, 0.4) is 0 Å². The minimum Gasteiger partial charge on any atom is -0.360 e. The van der Waals surface area contributed by atoms with Gasteiger partial charge >= 0.3 is 0 Å². The lowest BCUT2D eigenvalue weighted by Crippen LogP contribution is -2.39. The van der Waals surface area contributed by atoms with Crippen LogP contribution in [-0.4, -0.2) is 12.2 Å². The van der Waals surface area contributed by atoms with Crippen molar-refractivity contribution in [2.24, 2.45) is 35.0 Å². The molecule has 0 aromatic heterocycles. The summed E-state index contributed by atoms with van der Waals surface area (Å²) in [5.74, 6) is 2.61. The number of hydrogen-bond acceptors (Lipinski definition) is 1. The standard InChI is InChI=1S/C35H42O/c1-22(2)27-14-9-10-16-30(27)35(4,5)31-17-11-15-28-29-21-26(19-18-25(29)20-23(3)32(28)31)34-33(36-34)24-12-7-6-8-13-24/h6-7,9-12,14-15,18-22,25,29-31,33-34H,8,13,16-17H2,1-5H3. The van der Waals surface area contributed by atoms with Crippen molar-refractivity contribution in [3.05, 3.63) is 106 Å². The van der Waals surface area contributed by atoms with Crippen molar-refractivity contribution in [3.63, 3.8) is 0 Å². The molecule has 36 heavy (non-hydrogen) atoms. The molecule has 1 heteroatoms. The molecule has 0 amide bonds. The van der Waals surface area contributed by atoms with E-state index in [9.17, 15) is 0 Å². The highest BCUT2D eigenvalue weighted by Crippen LogP contribution is 2.55. The Hall–Kier alpha value is -2.38. The van der Waals surface area contributed by atoms with Crippen molar-refractivity contribution >= 4 is 0 Å². The van der Waals surface area contributed by atoms with Gasteiger partial charge in [0.15, 0.2) is 0 Å². The molecular formula is C35H42O. The van der Waals surface area contributed by atoms with Crippen molar-refractivity contribution in [1.29, 1.82) is 0 Å². The molecule has 1 fully saturated rings. The van der Waals surface area contributed by atoms with E-state index in [1.165, 1.54) is 16.7 Å². The zero-order valence-electron chi connectivity index (χ0n) is 22.7. The Balaban J connectivity index is 1.31. The zero-order valence-corrected chi connectivity index (χ0v) is 22.7. The Labute approximate surface area is 218 Å². The lowest BCUT2D eigenvalue weighted by atomic mass is 9.56. The monoisotopic (exact) mass is 478 g/mol. The summed E-state index contributed by atoms with van der Waals surface area (Å²) >= 11 is 0. The van der Waals surface area contributed by atoms with E-state index in [0.29, 0.717) is 29.6 Å². The average molecular weight is 479 g/mol. The van der Waals surface area contributed by atoms with Crippen molar-refractivity contribution in [3.8, 4) is 0 Å². The Morgan fingerprint density at radius 3 is 2.50 bits per heavy atom. The topological polar surface area (TPSA) is 12.5 Å². The number of ether oxygens (including phenoxy) is 1. The summed E-state index contributed by atoms with van der Waals surface area (Å²) in [6, 6.07) is 0. The molecule has 1 heterocycles. The number of epoxide rings is 1. The summed E-state index contributed by atoms with van der Waals surface area (Å²) in [7, 11) is 0. The number of fused-ring (bicyclic) bond motifs is 2. The number of hydrogen-bond donors (Lipinski definition) is 0. The van der Waals surface area contributed by atoms with Crippen LogP contribution in [-0.2, 0) is 4.74 Å². The first-order valence-corrected chi connectivity index (χ1v) is 14.2. The second-order valence-corrected chi connectivity index (χ2v) is 12.6. The molecule has 0 aromatic rings. The van der Waals surface area contributed by atoms with Crippen LogP contribution in [0.1, 0.15) is 60.3 Å². The van der Waals surface area contributed by atoms with E-state index in [1.807, 2.05) is 0 Å². The van der Waals surface area contributed by atoms with Gasteiger partial charge in [-0.3, -0.25) is 0 Å². The van der Waals surface area contributed by atoms with Crippen LogP contribution < -0.4 is 0 Å². The lowest BCUT2D eigenvalue weighted by Gasteiger charge is -2.48. The highest BCUT2D eigenvalue weighted by molar-refractivity contribution is 5.54. The smallest absolute Gasteiger partial charge is 0.113 e. The molecule has 6 atom stereocenters. The van der Waals surface area contributed by atoms with Gasteiger partial charge in [0, 0.05) is 11.8 Å². The first kappa shape index (κ1) is 24.0. The summed E-state index contributed by atoms with van der Waals surface area (Å²) in [5, 5.41) is 0. The second-order valence-electron chi connectivity index (χ2n) is 12.6. The highest BCUT2D eigenvalue weighted by atomic mass is 16.6. The molecule has 1 nitrogen and oxygen atoms in total. The fourth-order valence-electron chi connectivity index (χ4n) is 7.67. The Bertz CT molecular complexity index is 1200. The molecule has 0 N–H and O–H groups in total. The van der Waals surface area contributed by atoms with E-state index in [-0.39, 0.29) is 17.6 Å². The van der Waals surface area contributed by atoms with Crippen LogP contribution in [0.2, 0.25) is 0 Å². The van der Waals surface area contributed by atoms with Gasteiger partial charge in [0.1, 0.15) is 12.2 Å². The van der Waals surface area contributed by atoms with E-state index in [0.717, 1.165) is 25.7 Å². The predicted octanol–water partition coefficient (Wildman–Crippen LogP) is 8.78. The van der Waals surface area contributed by atoms with Crippen LogP contribution in [0.5, 0.6) is 0 Å². The van der Waals surface area contributed by atoms with Crippen LogP contribution in [0.15, 0.2) is 106 Å². The number of allylic oxidation sites excluding steroid dienone is 15. The molecule has 188 valence electrons. The largest absolute Gasteiger partial charge is 0.360 e. The lowest BCUT2D eigenvalue weighted by molar-refractivity contribution is 0.155. The van der Waals surface area contributed by atoms with Gasteiger partial charge < -0.3 is 4.74 Å². The van der Waals surface area contributed by atoms with E-state index in [4.69, 9.17) is 4.74 Å². The van der Waals surface area contributed by atoms with Gasteiger partial charge in [-0.25, -0.2) is 0 Å². The maximum Gasteiger partial charge on any atom is 0.113 e. The molecule has 6 unspecified atom stereocenters. The van der Waals surface area contributed by atoms with Gasteiger partial charge in [-0.15, -0.1) is 0 Å². The van der Waals surface area contributed by atoms with Gasteiger partial charge in [-0.05, 0) is 78.1 Å². The van der Waals surface area contributed by atoms with Crippen LogP contribution in [0.4, 0.5) is 0 Å². The number of rotatable bonds is 5. The first-order chi connectivity index (χ1) is 17.4. The SMILES string of the molecule is CC1=CC2C=CC(C3OC3C3=CC=CCC3)=CC2C2=C1C(C(C)(C)C1CC=CC=C1C(C)C)CC=C2. The van der Waals surface area contributed by atoms with Crippen molar-refractivity contribution in [2.75, 3.05) is 0 Å². The molecule has 0 radical (unpaired) electrons.